The molecule has 0 bridgehead atoms. The van der Waals surface area contributed by atoms with Crippen molar-refractivity contribution in [3.63, 3.8) is 0 Å². The van der Waals surface area contributed by atoms with Gasteiger partial charge in [0.25, 0.3) is 0 Å². The van der Waals surface area contributed by atoms with Gasteiger partial charge in [-0.1, -0.05) is 37.3 Å². The molecule has 0 spiro atoms. The summed E-state index contributed by atoms with van der Waals surface area (Å²) in [6.45, 7) is 8.44. The van der Waals surface area contributed by atoms with Crippen LogP contribution in [0.5, 0.6) is 11.5 Å². The van der Waals surface area contributed by atoms with Gasteiger partial charge in [-0.2, -0.15) is 0 Å². The van der Waals surface area contributed by atoms with Gasteiger partial charge in [-0.25, -0.2) is 0 Å². The van der Waals surface area contributed by atoms with Crippen LogP contribution in [0.25, 0.3) is 0 Å². The Hall–Kier alpha value is -2.57. The molecular formula is C25H35N2O4+. The summed E-state index contributed by atoms with van der Waals surface area (Å²) in [5.41, 5.74) is 2.19. The molecule has 0 radical (unpaired) electrons. The highest BCUT2D eigenvalue weighted by molar-refractivity contribution is 5.83. The van der Waals surface area contributed by atoms with E-state index < -0.39 is 0 Å². The number of amides is 1. The van der Waals surface area contributed by atoms with Crippen molar-refractivity contribution in [1.82, 2.24) is 5.32 Å². The summed E-state index contributed by atoms with van der Waals surface area (Å²) in [5.74, 6) is 1.39. The summed E-state index contributed by atoms with van der Waals surface area (Å²) >= 11 is 0. The van der Waals surface area contributed by atoms with Crippen LogP contribution in [-0.2, 0) is 9.53 Å². The van der Waals surface area contributed by atoms with E-state index in [0.29, 0.717) is 13.2 Å². The van der Waals surface area contributed by atoms with E-state index in [4.69, 9.17) is 14.2 Å². The Balaban J connectivity index is 1.79. The van der Waals surface area contributed by atoms with E-state index in [1.807, 2.05) is 49.4 Å². The lowest BCUT2D eigenvalue weighted by atomic mass is 9.95. The van der Waals surface area contributed by atoms with Gasteiger partial charge in [-0.15, -0.1) is 0 Å². The lowest BCUT2D eigenvalue weighted by Crippen LogP contribution is -3.15. The average Bonchev–Trinajstić information content (AvgIpc) is 2.82. The van der Waals surface area contributed by atoms with E-state index in [0.717, 1.165) is 55.4 Å². The second-order valence-corrected chi connectivity index (χ2v) is 7.78. The van der Waals surface area contributed by atoms with Crippen LogP contribution in [0.1, 0.15) is 43.4 Å². The van der Waals surface area contributed by atoms with E-state index in [2.05, 4.69) is 18.3 Å². The zero-order chi connectivity index (χ0) is 22.1. The van der Waals surface area contributed by atoms with Crippen molar-refractivity contribution >= 4 is 5.91 Å². The number of nitrogens with one attached hydrogen (secondary N) is 2. The smallest absolute Gasteiger partial charge is 0.227 e. The maximum atomic E-state index is 13.1. The normalized spacial score (nSPS) is 16.4. The van der Waals surface area contributed by atoms with Crippen LogP contribution in [0.4, 0.5) is 0 Å². The van der Waals surface area contributed by atoms with Crippen LogP contribution in [0.2, 0.25) is 0 Å². The third-order valence-corrected chi connectivity index (χ3v) is 5.92. The average molecular weight is 428 g/mol. The summed E-state index contributed by atoms with van der Waals surface area (Å²) in [4.78, 5) is 14.5. The zero-order valence-corrected chi connectivity index (χ0v) is 18.9. The van der Waals surface area contributed by atoms with Crippen molar-refractivity contribution in [1.29, 1.82) is 0 Å². The second kappa shape index (κ2) is 11.7. The monoisotopic (exact) mass is 427 g/mol. The predicted octanol–water partition coefficient (Wildman–Crippen LogP) is 2.36. The fourth-order valence-electron chi connectivity index (χ4n) is 4.24. The van der Waals surface area contributed by atoms with Gasteiger partial charge in [0, 0.05) is 5.56 Å². The molecule has 168 valence electrons. The molecule has 2 aromatic carbocycles. The molecule has 1 amide bonds. The third-order valence-electron chi connectivity index (χ3n) is 5.92. The Labute approximate surface area is 185 Å². The quantitative estimate of drug-likeness (QED) is 0.611. The van der Waals surface area contributed by atoms with Crippen molar-refractivity contribution < 1.29 is 23.9 Å². The Morgan fingerprint density at radius 1 is 1.06 bits per heavy atom. The number of methoxy groups -OCH3 is 1. The molecule has 31 heavy (non-hydrogen) atoms. The molecule has 2 aromatic rings. The number of ether oxygens (including phenoxy) is 3. The number of carbonyl (C=O) groups excluding carboxylic acids is 1. The number of benzene rings is 2. The molecule has 6 heteroatoms. The van der Waals surface area contributed by atoms with Gasteiger partial charge in [-0.3, -0.25) is 4.79 Å². The number of hydrogen-bond acceptors (Lipinski definition) is 4. The predicted molar refractivity (Wildman–Crippen MR) is 121 cm³/mol. The molecule has 6 nitrogen and oxygen atoms in total. The Kier molecular flexibility index (Phi) is 8.74. The number of rotatable bonds is 10. The molecule has 2 atom stereocenters. The summed E-state index contributed by atoms with van der Waals surface area (Å²) in [6.07, 6.45) is 0.766. The van der Waals surface area contributed by atoms with Crippen molar-refractivity contribution in [3.8, 4) is 11.5 Å². The lowest BCUT2D eigenvalue weighted by Gasteiger charge is -2.32. The number of carbonyl (C=O) groups is 1. The molecular weight excluding hydrogens is 392 g/mol. The summed E-state index contributed by atoms with van der Waals surface area (Å²) < 4.78 is 16.8. The van der Waals surface area contributed by atoms with Gasteiger partial charge in [0.05, 0.1) is 39.4 Å². The molecule has 1 aliphatic heterocycles. The van der Waals surface area contributed by atoms with Crippen LogP contribution < -0.4 is 19.7 Å². The topological polar surface area (TPSA) is 61.2 Å². The molecule has 1 heterocycles. The van der Waals surface area contributed by atoms with E-state index in [9.17, 15) is 4.79 Å². The number of hydrogen-bond donors (Lipinski definition) is 2. The van der Waals surface area contributed by atoms with Crippen LogP contribution in [0.3, 0.4) is 0 Å². The Morgan fingerprint density at radius 2 is 1.81 bits per heavy atom. The van der Waals surface area contributed by atoms with E-state index >= 15 is 0 Å². The van der Waals surface area contributed by atoms with Gasteiger partial charge in [0.1, 0.15) is 19.1 Å². The van der Waals surface area contributed by atoms with Gasteiger partial charge in [0.15, 0.2) is 11.5 Å². The van der Waals surface area contributed by atoms with Gasteiger partial charge in [-0.05, 0) is 37.1 Å². The first-order valence-electron chi connectivity index (χ1n) is 11.2. The highest BCUT2D eigenvalue weighted by atomic mass is 16.5. The molecule has 1 saturated heterocycles. The molecule has 0 saturated carbocycles. The molecule has 0 aromatic heterocycles. The first kappa shape index (κ1) is 23.1. The van der Waals surface area contributed by atoms with Gasteiger partial charge >= 0.3 is 0 Å². The van der Waals surface area contributed by atoms with Crippen LogP contribution in [0, 0.1) is 0 Å². The number of morpholine rings is 1. The number of quaternary nitrogens is 1. The first-order valence-corrected chi connectivity index (χ1v) is 11.2. The molecule has 1 aliphatic rings. The Bertz CT molecular complexity index is 822. The lowest BCUT2D eigenvalue weighted by molar-refractivity contribution is -0.937. The fraction of sp³-hybridized carbons (Fsp3) is 0.480. The Morgan fingerprint density at radius 3 is 2.45 bits per heavy atom. The maximum Gasteiger partial charge on any atom is 0.227 e. The fourth-order valence-corrected chi connectivity index (χ4v) is 4.24. The van der Waals surface area contributed by atoms with E-state index in [-0.39, 0.29) is 17.9 Å². The van der Waals surface area contributed by atoms with E-state index in [1.54, 1.807) is 7.11 Å². The maximum absolute atomic E-state index is 13.1. The minimum absolute atomic E-state index is 0.0734. The van der Waals surface area contributed by atoms with Crippen LogP contribution in [0.15, 0.2) is 48.5 Å². The molecule has 0 unspecified atom stereocenters. The highest BCUT2D eigenvalue weighted by Crippen LogP contribution is 2.30. The largest absolute Gasteiger partial charge is 0.493 e. The van der Waals surface area contributed by atoms with Crippen molar-refractivity contribution in [2.75, 3.05) is 46.6 Å². The van der Waals surface area contributed by atoms with Gasteiger partial charge in [0.2, 0.25) is 5.91 Å². The minimum Gasteiger partial charge on any atom is -0.493 e. The summed E-state index contributed by atoms with van der Waals surface area (Å²) in [6, 6.07) is 16.2. The molecule has 1 fully saturated rings. The highest BCUT2D eigenvalue weighted by Gasteiger charge is 2.29. The van der Waals surface area contributed by atoms with Crippen molar-refractivity contribution in [2.45, 2.75) is 32.2 Å². The summed E-state index contributed by atoms with van der Waals surface area (Å²) in [5, 5.41) is 3.23. The van der Waals surface area contributed by atoms with Crippen LogP contribution >= 0.6 is 0 Å². The standard InChI is InChI=1S/C25H34N2O4/c1-4-21(19-9-7-6-8-10-19)25(28)26-18-22(27-13-15-30-16-14-27)20-11-12-23(31-5-2)24(17-20)29-3/h6-12,17,21-22H,4-5,13-16,18H2,1-3H3,(H,26,28)/p+1/t21-,22+/m0/s1. The van der Waals surface area contributed by atoms with E-state index in [1.165, 1.54) is 4.90 Å². The SMILES string of the molecule is CCOc1ccc([C@@H](CNC(=O)[C@@H](CC)c2ccccc2)[NH+]2CCOCC2)cc1OC. The van der Waals surface area contributed by atoms with Gasteiger partial charge < -0.3 is 24.4 Å². The zero-order valence-electron chi connectivity index (χ0n) is 18.9. The summed E-state index contributed by atoms with van der Waals surface area (Å²) in [7, 11) is 1.66. The molecule has 2 N–H and O–H groups in total. The molecule has 3 rings (SSSR count). The van der Waals surface area contributed by atoms with Crippen molar-refractivity contribution in [2.24, 2.45) is 0 Å². The van der Waals surface area contributed by atoms with Crippen LogP contribution in [-0.4, -0.2) is 52.5 Å². The molecule has 0 aliphatic carbocycles. The van der Waals surface area contributed by atoms with Crippen molar-refractivity contribution in [3.05, 3.63) is 59.7 Å². The second-order valence-electron chi connectivity index (χ2n) is 7.78. The minimum atomic E-state index is -0.142. The first-order chi connectivity index (χ1) is 15.2. The third kappa shape index (κ3) is 5.99.